The maximum atomic E-state index is 12.7. The lowest BCUT2D eigenvalue weighted by molar-refractivity contribution is -0.137. The molecule has 11 heteroatoms. The largest absolute Gasteiger partial charge is 0.416 e. The number of anilines is 4. The van der Waals surface area contributed by atoms with Gasteiger partial charge in [0.2, 0.25) is 5.89 Å². The molecular weight excluding hydrogens is 437 g/mol. The predicted octanol–water partition coefficient (Wildman–Crippen LogP) is 5.85. The van der Waals surface area contributed by atoms with Crippen LogP contribution in [0, 0.1) is 6.92 Å². The van der Waals surface area contributed by atoms with Crippen LogP contribution in [0.5, 0.6) is 0 Å². The van der Waals surface area contributed by atoms with Crippen molar-refractivity contribution in [3.05, 3.63) is 78.1 Å². The molecule has 0 aliphatic heterocycles. The van der Waals surface area contributed by atoms with Crippen LogP contribution in [0.25, 0.3) is 11.5 Å². The molecule has 2 aromatic carbocycles. The fourth-order valence-electron chi connectivity index (χ4n) is 2.87. The highest BCUT2D eigenvalue weighted by atomic mass is 19.4. The third kappa shape index (κ3) is 5.45. The van der Waals surface area contributed by atoms with Crippen molar-refractivity contribution in [1.82, 2.24) is 15.2 Å². The topological polar surface area (TPSA) is 105 Å². The van der Waals surface area contributed by atoms with E-state index in [-0.39, 0.29) is 11.7 Å². The van der Waals surface area contributed by atoms with Gasteiger partial charge in [0.05, 0.1) is 5.56 Å². The molecule has 2 amide bonds. The summed E-state index contributed by atoms with van der Waals surface area (Å²) in [5, 5.41) is 16.1. The minimum absolute atomic E-state index is 0.163. The zero-order valence-electron chi connectivity index (χ0n) is 17.1. The summed E-state index contributed by atoms with van der Waals surface area (Å²) in [6.45, 7) is 1.86. The average molecular weight is 454 g/mol. The summed E-state index contributed by atoms with van der Waals surface area (Å²) in [7, 11) is 0. The van der Waals surface area contributed by atoms with Crippen molar-refractivity contribution >= 4 is 29.1 Å². The second-order valence-electron chi connectivity index (χ2n) is 6.96. The van der Waals surface area contributed by atoms with Crippen LogP contribution in [-0.4, -0.2) is 21.2 Å². The number of pyridine rings is 1. The molecule has 2 aromatic heterocycles. The maximum Gasteiger partial charge on any atom is 0.416 e. The Kier molecular flexibility index (Phi) is 5.94. The summed E-state index contributed by atoms with van der Waals surface area (Å²) >= 11 is 0. The Labute approximate surface area is 185 Å². The van der Waals surface area contributed by atoms with E-state index in [9.17, 15) is 18.0 Å². The Bertz CT molecular complexity index is 1260. The molecule has 0 unspecified atom stereocenters. The van der Waals surface area contributed by atoms with Crippen LogP contribution >= 0.6 is 0 Å². The van der Waals surface area contributed by atoms with E-state index < -0.39 is 17.8 Å². The lowest BCUT2D eigenvalue weighted by atomic mass is 10.2. The van der Waals surface area contributed by atoms with Gasteiger partial charge in [-0.05, 0) is 61.0 Å². The van der Waals surface area contributed by atoms with Crippen molar-refractivity contribution < 1.29 is 22.4 Å². The first-order chi connectivity index (χ1) is 15.8. The van der Waals surface area contributed by atoms with Gasteiger partial charge in [-0.2, -0.15) is 13.2 Å². The van der Waals surface area contributed by atoms with E-state index in [1.54, 1.807) is 42.7 Å². The molecule has 0 saturated carbocycles. The second kappa shape index (κ2) is 8.99. The van der Waals surface area contributed by atoms with E-state index in [2.05, 4.69) is 31.1 Å². The molecule has 2 heterocycles. The number of nitrogens with zero attached hydrogens (tertiary/aromatic N) is 3. The standard InChI is InChI=1S/C22H17F3N6O2/c1-13-2-5-17(28-20(32)27-16-6-3-15(4-7-16)22(23,24)25)12-18(13)29-21-31-30-19(33-21)14-8-10-26-11-9-14/h2-12H,1H3,(H,29,31)(H2,27,28,32). The van der Waals surface area contributed by atoms with Gasteiger partial charge in [-0.25, -0.2) is 4.79 Å². The number of urea groups is 1. The Hall–Kier alpha value is -4.41. The Morgan fingerprint density at radius 2 is 1.58 bits per heavy atom. The van der Waals surface area contributed by atoms with Gasteiger partial charge in [0, 0.05) is 35.0 Å². The molecule has 0 atom stereocenters. The van der Waals surface area contributed by atoms with Gasteiger partial charge in [-0.1, -0.05) is 11.2 Å². The van der Waals surface area contributed by atoms with Gasteiger partial charge in [0.25, 0.3) is 0 Å². The number of aryl methyl sites for hydroxylation is 1. The van der Waals surface area contributed by atoms with Crippen molar-refractivity contribution in [3.63, 3.8) is 0 Å². The minimum atomic E-state index is -4.44. The van der Waals surface area contributed by atoms with Crippen LogP contribution in [0.3, 0.4) is 0 Å². The van der Waals surface area contributed by atoms with Crippen molar-refractivity contribution in [2.24, 2.45) is 0 Å². The summed E-state index contributed by atoms with van der Waals surface area (Å²) in [5.74, 6) is 0.322. The van der Waals surface area contributed by atoms with Crippen molar-refractivity contribution in [2.75, 3.05) is 16.0 Å². The summed E-state index contributed by atoms with van der Waals surface area (Å²) in [6, 6.07) is 12.3. The quantitative estimate of drug-likeness (QED) is 0.350. The van der Waals surface area contributed by atoms with E-state index in [4.69, 9.17) is 4.42 Å². The van der Waals surface area contributed by atoms with E-state index >= 15 is 0 Å². The van der Waals surface area contributed by atoms with Crippen molar-refractivity contribution in [2.45, 2.75) is 13.1 Å². The second-order valence-corrected chi connectivity index (χ2v) is 6.96. The SMILES string of the molecule is Cc1ccc(NC(=O)Nc2ccc(C(F)(F)F)cc2)cc1Nc1nnc(-c2ccncc2)o1. The molecule has 0 spiro atoms. The number of halogens is 3. The number of nitrogens with one attached hydrogen (secondary N) is 3. The van der Waals surface area contributed by atoms with Crippen LogP contribution in [0.4, 0.5) is 41.0 Å². The number of rotatable bonds is 5. The van der Waals surface area contributed by atoms with Gasteiger partial charge >= 0.3 is 18.2 Å². The molecule has 0 fully saturated rings. The third-order valence-corrected chi connectivity index (χ3v) is 4.56. The first kappa shape index (κ1) is 21.8. The molecule has 0 aliphatic carbocycles. The molecule has 4 rings (SSSR count). The molecule has 4 aromatic rings. The number of hydrogen-bond acceptors (Lipinski definition) is 6. The molecule has 168 valence electrons. The zero-order chi connectivity index (χ0) is 23.4. The first-order valence-corrected chi connectivity index (χ1v) is 9.65. The van der Waals surface area contributed by atoms with Crippen LogP contribution in [0.15, 0.2) is 71.4 Å². The smallest absolute Gasteiger partial charge is 0.403 e. The van der Waals surface area contributed by atoms with Gasteiger partial charge in [0.15, 0.2) is 0 Å². The molecule has 0 radical (unpaired) electrons. The number of benzene rings is 2. The van der Waals surface area contributed by atoms with Gasteiger partial charge < -0.3 is 20.4 Å². The fourth-order valence-corrected chi connectivity index (χ4v) is 2.87. The highest BCUT2D eigenvalue weighted by Gasteiger charge is 2.30. The Morgan fingerprint density at radius 3 is 2.27 bits per heavy atom. The number of amides is 2. The average Bonchev–Trinajstić information content (AvgIpc) is 3.25. The predicted molar refractivity (Wildman–Crippen MR) is 116 cm³/mol. The van der Waals surface area contributed by atoms with E-state index in [1.165, 1.54) is 12.1 Å². The maximum absolute atomic E-state index is 12.7. The highest BCUT2D eigenvalue weighted by molar-refractivity contribution is 6.00. The molecule has 33 heavy (non-hydrogen) atoms. The summed E-state index contributed by atoms with van der Waals surface area (Å²) in [4.78, 5) is 16.2. The van der Waals surface area contributed by atoms with Crippen LogP contribution in [-0.2, 0) is 6.18 Å². The first-order valence-electron chi connectivity index (χ1n) is 9.65. The van der Waals surface area contributed by atoms with E-state index in [1.807, 2.05) is 6.92 Å². The van der Waals surface area contributed by atoms with Crippen molar-refractivity contribution in [1.29, 1.82) is 0 Å². The molecule has 3 N–H and O–H groups in total. The Morgan fingerprint density at radius 1 is 0.909 bits per heavy atom. The molecular formula is C22H17F3N6O2. The van der Waals surface area contributed by atoms with Gasteiger partial charge in [-0.15, -0.1) is 5.10 Å². The molecule has 8 nitrogen and oxygen atoms in total. The summed E-state index contributed by atoms with van der Waals surface area (Å²) < 4.78 is 43.6. The van der Waals surface area contributed by atoms with Gasteiger partial charge in [0.1, 0.15) is 0 Å². The highest BCUT2D eigenvalue weighted by Crippen LogP contribution is 2.30. The number of aromatic nitrogens is 3. The zero-order valence-corrected chi connectivity index (χ0v) is 17.1. The normalized spacial score (nSPS) is 11.2. The number of carbonyl (C=O) groups excluding carboxylic acids is 1. The minimum Gasteiger partial charge on any atom is -0.403 e. The Balaban J connectivity index is 1.42. The van der Waals surface area contributed by atoms with Crippen molar-refractivity contribution in [3.8, 4) is 11.5 Å². The number of alkyl halides is 3. The third-order valence-electron chi connectivity index (χ3n) is 4.56. The number of carbonyl (C=O) groups is 1. The van der Waals surface area contributed by atoms with Crippen LogP contribution in [0.1, 0.15) is 11.1 Å². The summed E-state index contributed by atoms with van der Waals surface area (Å²) in [5.41, 5.74) is 2.06. The molecule has 0 bridgehead atoms. The molecule has 0 saturated heterocycles. The van der Waals surface area contributed by atoms with E-state index in [0.717, 1.165) is 23.3 Å². The lowest BCUT2D eigenvalue weighted by Crippen LogP contribution is -2.19. The van der Waals surface area contributed by atoms with Crippen LogP contribution < -0.4 is 16.0 Å². The molecule has 0 aliphatic rings. The van der Waals surface area contributed by atoms with Gasteiger partial charge in [-0.3, -0.25) is 4.98 Å². The monoisotopic (exact) mass is 454 g/mol. The summed E-state index contributed by atoms with van der Waals surface area (Å²) in [6.07, 6.45) is -1.22. The van der Waals surface area contributed by atoms with E-state index in [0.29, 0.717) is 17.3 Å². The lowest BCUT2D eigenvalue weighted by Gasteiger charge is -2.12. The van der Waals surface area contributed by atoms with Crippen LogP contribution in [0.2, 0.25) is 0 Å². The fraction of sp³-hybridized carbons (Fsp3) is 0.0909. The number of hydrogen-bond donors (Lipinski definition) is 3.